The lowest BCUT2D eigenvalue weighted by atomic mass is 10.1. The molecular formula is C20H18FN3O5. The number of anilines is 2. The highest BCUT2D eigenvalue weighted by molar-refractivity contribution is 5.95. The highest BCUT2D eigenvalue weighted by Gasteiger charge is 2.20. The number of methoxy groups -OCH3 is 1. The zero-order valence-electron chi connectivity index (χ0n) is 15.6. The number of rotatable bonds is 7. The highest BCUT2D eigenvalue weighted by atomic mass is 19.1. The van der Waals surface area contributed by atoms with Gasteiger partial charge in [0.05, 0.1) is 13.5 Å². The quantitative estimate of drug-likeness (QED) is 0.717. The minimum Gasteiger partial charge on any atom is -0.452 e. The highest BCUT2D eigenvalue weighted by Crippen LogP contribution is 2.19. The molecule has 0 saturated carbocycles. The third-order valence-corrected chi connectivity index (χ3v) is 3.72. The Hall–Kier alpha value is -3.93. The molecule has 0 atom stereocenters. The number of carbonyl (C=O) groups is 3. The average molecular weight is 399 g/mol. The fourth-order valence-electron chi connectivity index (χ4n) is 2.38. The minimum atomic E-state index is -0.785. The first-order chi connectivity index (χ1) is 13.9. The summed E-state index contributed by atoms with van der Waals surface area (Å²) in [7, 11) is 1.17. The van der Waals surface area contributed by atoms with Crippen LogP contribution in [-0.2, 0) is 25.5 Å². The second-order valence-electron chi connectivity index (χ2n) is 5.77. The van der Waals surface area contributed by atoms with Crippen molar-refractivity contribution in [1.82, 2.24) is 0 Å². The summed E-state index contributed by atoms with van der Waals surface area (Å²) in [6, 6.07) is 13.4. The van der Waals surface area contributed by atoms with Crippen molar-refractivity contribution in [2.75, 3.05) is 30.5 Å². The van der Waals surface area contributed by atoms with E-state index in [2.05, 4.69) is 14.8 Å². The summed E-state index contributed by atoms with van der Waals surface area (Å²) in [6.45, 7) is -0.864. The summed E-state index contributed by atoms with van der Waals surface area (Å²) in [5.41, 5.74) is 1.47. The van der Waals surface area contributed by atoms with E-state index in [1.807, 2.05) is 0 Å². The standard InChI is InChI=1S/C20H18FN3O5/c1-28-20(27)24(13-19(26)29-11-10-22)17-8-6-16(7-9-17)23-18(25)12-14-2-4-15(21)5-3-14/h2-9H,11-13H2,1H3,(H,23,25). The Morgan fingerprint density at radius 2 is 1.76 bits per heavy atom. The van der Waals surface area contributed by atoms with Crippen LogP contribution in [0.3, 0.4) is 0 Å². The Bertz CT molecular complexity index is 907. The lowest BCUT2D eigenvalue weighted by Crippen LogP contribution is -2.36. The molecule has 2 rings (SSSR count). The maximum absolute atomic E-state index is 12.9. The van der Waals surface area contributed by atoms with Crippen molar-refractivity contribution < 1.29 is 28.2 Å². The monoisotopic (exact) mass is 399 g/mol. The van der Waals surface area contributed by atoms with Crippen LogP contribution in [-0.4, -0.2) is 38.2 Å². The first-order valence-electron chi connectivity index (χ1n) is 8.45. The molecule has 0 heterocycles. The molecule has 2 amide bonds. The molecule has 0 saturated heterocycles. The number of nitriles is 1. The number of benzene rings is 2. The zero-order valence-corrected chi connectivity index (χ0v) is 15.6. The number of nitrogens with zero attached hydrogens (tertiary/aromatic N) is 2. The molecule has 9 heteroatoms. The second kappa shape index (κ2) is 10.4. The third-order valence-electron chi connectivity index (χ3n) is 3.72. The van der Waals surface area contributed by atoms with Crippen LogP contribution in [0, 0.1) is 17.1 Å². The molecule has 0 radical (unpaired) electrons. The number of hydrogen-bond donors (Lipinski definition) is 1. The van der Waals surface area contributed by atoms with E-state index in [-0.39, 0.29) is 18.1 Å². The van der Waals surface area contributed by atoms with Crippen LogP contribution in [0.5, 0.6) is 0 Å². The van der Waals surface area contributed by atoms with Crippen LogP contribution in [0.1, 0.15) is 5.56 Å². The van der Waals surface area contributed by atoms with E-state index in [0.717, 1.165) is 4.90 Å². The van der Waals surface area contributed by atoms with Crippen LogP contribution in [0.4, 0.5) is 20.6 Å². The predicted octanol–water partition coefficient (Wildman–Crippen LogP) is 2.65. The van der Waals surface area contributed by atoms with E-state index < -0.39 is 25.2 Å². The molecule has 1 N–H and O–H groups in total. The van der Waals surface area contributed by atoms with Crippen molar-refractivity contribution >= 4 is 29.3 Å². The van der Waals surface area contributed by atoms with Gasteiger partial charge in [-0.25, -0.2) is 9.18 Å². The van der Waals surface area contributed by atoms with Gasteiger partial charge in [-0.2, -0.15) is 5.26 Å². The molecular weight excluding hydrogens is 381 g/mol. The van der Waals surface area contributed by atoms with Gasteiger partial charge in [0.2, 0.25) is 5.91 Å². The number of esters is 1. The molecule has 0 aromatic heterocycles. The maximum Gasteiger partial charge on any atom is 0.414 e. The first kappa shape index (κ1) is 21.4. The molecule has 0 aliphatic heterocycles. The van der Waals surface area contributed by atoms with Gasteiger partial charge in [-0.3, -0.25) is 14.5 Å². The lowest BCUT2D eigenvalue weighted by Gasteiger charge is -2.20. The number of nitrogens with one attached hydrogen (secondary N) is 1. The van der Waals surface area contributed by atoms with Crippen molar-refractivity contribution in [2.45, 2.75) is 6.42 Å². The zero-order chi connectivity index (χ0) is 21.2. The fourth-order valence-corrected chi connectivity index (χ4v) is 2.38. The number of ether oxygens (including phenoxy) is 2. The van der Waals surface area contributed by atoms with E-state index in [4.69, 9.17) is 5.26 Å². The fraction of sp³-hybridized carbons (Fsp3) is 0.200. The molecule has 0 aliphatic carbocycles. The van der Waals surface area contributed by atoms with Crippen molar-refractivity contribution in [3.63, 3.8) is 0 Å². The smallest absolute Gasteiger partial charge is 0.414 e. The van der Waals surface area contributed by atoms with Gasteiger partial charge >= 0.3 is 12.1 Å². The molecule has 8 nitrogen and oxygen atoms in total. The van der Waals surface area contributed by atoms with Gasteiger partial charge in [0.25, 0.3) is 0 Å². The molecule has 0 aliphatic rings. The van der Waals surface area contributed by atoms with Gasteiger partial charge in [-0.1, -0.05) is 12.1 Å². The normalized spacial score (nSPS) is 9.83. The molecule has 0 bridgehead atoms. The summed E-state index contributed by atoms with van der Waals surface area (Å²) >= 11 is 0. The van der Waals surface area contributed by atoms with Crippen LogP contribution >= 0.6 is 0 Å². The maximum atomic E-state index is 12.9. The minimum absolute atomic E-state index is 0.0705. The Morgan fingerprint density at radius 3 is 2.34 bits per heavy atom. The van der Waals surface area contributed by atoms with E-state index in [0.29, 0.717) is 16.9 Å². The Morgan fingerprint density at radius 1 is 1.10 bits per heavy atom. The van der Waals surface area contributed by atoms with E-state index in [1.54, 1.807) is 18.2 Å². The van der Waals surface area contributed by atoms with Gasteiger partial charge in [-0.15, -0.1) is 0 Å². The van der Waals surface area contributed by atoms with Gasteiger partial charge in [0.15, 0.2) is 6.61 Å². The lowest BCUT2D eigenvalue weighted by molar-refractivity contribution is -0.140. The summed E-state index contributed by atoms with van der Waals surface area (Å²) in [5, 5.41) is 11.1. The first-order valence-corrected chi connectivity index (χ1v) is 8.45. The van der Waals surface area contributed by atoms with E-state index >= 15 is 0 Å². The molecule has 29 heavy (non-hydrogen) atoms. The van der Waals surface area contributed by atoms with Gasteiger partial charge < -0.3 is 14.8 Å². The SMILES string of the molecule is COC(=O)N(CC(=O)OCC#N)c1ccc(NC(=O)Cc2ccc(F)cc2)cc1. The van der Waals surface area contributed by atoms with Crippen LogP contribution in [0.2, 0.25) is 0 Å². The molecule has 2 aromatic rings. The largest absolute Gasteiger partial charge is 0.452 e. The van der Waals surface area contributed by atoms with Gasteiger partial charge in [0.1, 0.15) is 18.4 Å². The van der Waals surface area contributed by atoms with Crippen LogP contribution in [0.25, 0.3) is 0 Å². The van der Waals surface area contributed by atoms with E-state index in [9.17, 15) is 18.8 Å². The van der Waals surface area contributed by atoms with E-state index in [1.165, 1.54) is 43.5 Å². The van der Waals surface area contributed by atoms with Crippen LogP contribution in [0.15, 0.2) is 48.5 Å². The topological polar surface area (TPSA) is 109 Å². The van der Waals surface area contributed by atoms with Gasteiger partial charge in [-0.05, 0) is 42.0 Å². The van der Waals surface area contributed by atoms with Gasteiger partial charge in [0, 0.05) is 11.4 Å². The van der Waals surface area contributed by atoms with Crippen molar-refractivity contribution in [2.24, 2.45) is 0 Å². The summed E-state index contributed by atoms with van der Waals surface area (Å²) in [6.07, 6.45) is -0.715. The van der Waals surface area contributed by atoms with Crippen molar-refractivity contribution in [3.05, 3.63) is 59.9 Å². The Labute approximate surface area is 166 Å². The number of amides is 2. The van der Waals surface area contributed by atoms with Crippen LogP contribution < -0.4 is 10.2 Å². The summed E-state index contributed by atoms with van der Waals surface area (Å²) in [5.74, 6) is -1.45. The molecule has 0 fully saturated rings. The summed E-state index contributed by atoms with van der Waals surface area (Å²) < 4.78 is 22.2. The molecule has 0 unspecified atom stereocenters. The predicted molar refractivity (Wildman–Crippen MR) is 101 cm³/mol. The number of halogens is 1. The third kappa shape index (κ3) is 6.62. The molecule has 2 aromatic carbocycles. The Kier molecular flexibility index (Phi) is 7.68. The summed E-state index contributed by atoms with van der Waals surface area (Å²) in [4.78, 5) is 36.8. The number of carbonyl (C=O) groups excluding carboxylic acids is 3. The molecule has 0 spiro atoms. The average Bonchev–Trinajstić information content (AvgIpc) is 2.72. The number of hydrogen-bond acceptors (Lipinski definition) is 6. The molecule has 150 valence electrons. The van der Waals surface area contributed by atoms with Crippen molar-refractivity contribution in [3.8, 4) is 6.07 Å². The Balaban J connectivity index is 2.02. The van der Waals surface area contributed by atoms with Crippen molar-refractivity contribution in [1.29, 1.82) is 5.26 Å². The second-order valence-corrected chi connectivity index (χ2v) is 5.77.